The highest BCUT2D eigenvalue weighted by Gasteiger charge is 2.14. The summed E-state index contributed by atoms with van der Waals surface area (Å²) in [5, 5.41) is 21.1. The first-order valence-electron chi connectivity index (χ1n) is 7.89. The summed E-state index contributed by atoms with van der Waals surface area (Å²) in [6.07, 6.45) is 1.50. The Morgan fingerprint density at radius 2 is 1.96 bits per heavy atom. The topological polar surface area (TPSA) is 110 Å². The Morgan fingerprint density at radius 1 is 1.17 bits per heavy atom. The zero-order valence-corrected chi connectivity index (χ0v) is 13.6. The average molecular weight is 322 g/mol. The highest BCUT2D eigenvalue weighted by atomic mass is 16.1. The van der Waals surface area contributed by atoms with Crippen molar-refractivity contribution in [3.8, 4) is 6.07 Å². The molecule has 7 heteroatoms. The van der Waals surface area contributed by atoms with Crippen LogP contribution >= 0.6 is 0 Å². The van der Waals surface area contributed by atoms with Crippen molar-refractivity contribution < 1.29 is 0 Å². The van der Waals surface area contributed by atoms with E-state index in [1.807, 2.05) is 32.0 Å². The normalized spacial score (nSPS) is 10.7. The highest BCUT2D eigenvalue weighted by Crippen LogP contribution is 2.21. The fraction of sp³-hybridized carbons (Fsp3) is 0.294. The number of benzene rings is 1. The second kappa shape index (κ2) is 6.54. The number of hydrogen-bond acceptors (Lipinski definition) is 5. The number of nitrogens with one attached hydrogen (secondary N) is 3. The molecular formula is C17H18N6O. The van der Waals surface area contributed by atoms with Crippen molar-refractivity contribution in [3.05, 3.63) is 51.1 Å². The van der Waals surface area contributed by atoms with Gasteiger partial charge in [0.25, 0.3) is 0 Å². The minimum Gasteiger partial charge on any atom is -0.363 e. The molecule has 0 radical (unpaired) electrons. The molecule has 3 N–H and O–H groups in total. The van der Waals surface area contributed by atoms with Crippen LogP contribution in [0.15, 0.2) is 23.0 Å². The molecule has 0 spiro atoms. The predicted molar refractivity (Wildman–Crippen MR) is 91.7 cm³/mol. The van der Waals surface area contributed by atoms with Gasteiger partial charge in [-0.2, -0.15) is 10.4 Å². The van der Waals surface area contributed by atoms with Crippen molar-refractivity contribution in [1.29, 1.82) is 5.26 Å². The standard InChI is InChI=1S/C17H18N6O/c1-3-11-12(8-18)16(23-22-13(11)4-2)19-9-10-5-6-14-15(7-10)21-17(24)20-14/h5-7H,3-4,9H2,1-2H3,(H,19,23)(H2,20,21,24). The number of H-pyrrole nitrogens is 2. The molecule has 0 aliphatic heterocycles. The van der Waals surface area contributed by atoms with Crippen molar-refractivity contribution in [3.63, 3.8) is 0 Å². The smallest absolute Gasteiger partial charge is 0.323 e. The Kier molecular flexibility index (Phi) is 4.29. The summed E-state index contributed by atoms with van der Waals surface area (Å²) in [6, 6.07) is 7.89. The summed E-state index contributed by atoms with van der Waals surface area (Å²) in [6.45, 7) is 4.50. The van der Waals surface area contributed by atoms with Gasteiger partial charge in [-0.05, 0) is 36.1 Å². The van der Waals surface area contributed by atoms with Crippen LogP contribution < -0.4 is 11.0 Å². The van der Waals surface area contributed by atoms with Gasteiger partial charge in [0.2, 0.25) is 0 Å². The number of anilines is 1. The minimum atomic E-state index is -0.226. The van der Waals surface area contributed by atoms with Crippen LogP contribution in [0, 0.1) is 11.3 Å². The number of aromatic nitrogens is 4. The Bertz CT molecular complexity index is 979. The van der Waals surface area contributed by atoms with E-state index < -0.39 is 0 Å². The van der Waals surface area contributed by atoms with Gasteiger partial charge >= 0.3 is 5.69 Å². The first-order chi connectivity index (χ1) is 11.7. The minimum absolute atomic E-state index is 0.226. The van der Waals surface area contributed by atoms with E-state index in [0.29, 0.717) is 17.9 Å². The largest absolute Gasteiger partial charge is 0.363 e. The lowest BCUT2D eigenvalue weighted by Crippen LogP contribution is -2.10. The fourth-order valence-corrected chi connectivity index (χ4v) is 2.79. The van der Waals surface area contributed by atoms with Crippen LogP contribution in [0.3, 0.4) is 0 Å². The number of imidazole rings is 1. The van der Waals surface area contributed by atoms with Crippen LogP contribution in [0.2, 0.25) is 0 Å². The molecule has 0 unspecified atom stereocenters. The van der Waals surface area contributed by atoms with Crippen molar-refractivity contribution in [2.75, 3.05) is 5.32 Å². The average Bonchev–Trinajstić information content (AvgIpc) is 2.97. The quantitative estimate of drug-likeness (QED) is 0.667. The molecule has 2 heterocycles. The lowest BCUT2D eigenvalue weighted by atomic mass is 10.0. The van der Waals surface area contributed by atoms with Gasteiger partial charge in [-0.25, -0.2) is 4.79 Å². The Morgan fingerprint density at radius 3 is 2.67 bits per heavy atom. The lowest BCUT2D eigenvalue weighted by molar-refractivity contribution is 0.869. The van der Waals surface area contributed by atoms with Crippen LogP contribution in [0.5, 0.6) is 0 Å². The molecule has 1 aromatic carbocycles. The summed E-state index contributed by atoms with van der Waals surface area (Å²) in [7, 11) is 0. The third kappa shape index (κ3) is 2.86. The van der Waals surface area contributed by atoms with Gasteiger partial charge in [-0.3, -0.25) is 0 Å². The third-order valence-electron chi connectivity index (χ3n) is 4.00. The number of nitriles is 1. The number of rotatable bonds is 5. The monoisotopic (exact) mass is 322 g/mol. The van der Waals surface area contributed by atoms with E-state index in [-0.39, 0.29) is 5.69 Å². The first kappa shape index (κ1) is 15.7. The lowest BCUT2D eigenvalue weighted by Gasteiger charge is -2.12. The zero-order valence-electron chi connectivity index (χ0n) is 13.6. The van der Waals surface area contributed by atoms with E-state index in [4.69, 9.17) is 0 Å². The van der Waals surface area contributed by atoms with Gasteiger partial charge in [-0.15, -0.1) is 5.10 Å². The highest BCUT2D eigenvalue weighted by molar-refractivity contribution is 5.75. The summed E-state index contributed by atoms with van der Waals surface area (Å²) >= 11 is 0. The van der Waals surface area contributed by atoms with Crippen molar-refractivity contribution in [2.24, 2.45) is 0 Å². The molecule has 0 atom stereocenters. The van der Waals surface area contributed by atoms with Crippen LogP contribution in [0.25, 0.3) is 11.0 Å². The molecule has 0 aliphatic rings. The summed E-state index contributed by atoms with van der Waals surface area (Å²) in [5.74, 6) is 0.495. The fourth-order valence-electron chi connectivity index (χ4n) is 2.79. The number of nitrogens with zero attached hydrogens (tertiary/aromatic N) is 3. The van der Waals surface area contributed by atoms with Gasteiger partial charge in [0.15, 0.2) is 5.82 Å². The molecule has 0 saturated heterocycles. The maximum Gasteiger partial charge on any atom is 0.323 e. The third-order valence-corrected chi connectivity index (χ3v) is 4.00. The summed E-state index contributed by atoms with van der Waals surface area (Å²) in [5.41, 5.74) is 4.63. The second-order valence-corrected chi connectivity index (χ2v) is 5.48. The predicted octanol–water partition coefficient (Wildman–Crippen LogP) is 2.25. The molecule has 0 amide bonds. The Labute approximate surface area is 138 Å². The van der Waals surface area contributed by atoms with E-state index in [9.17, 15) is 10.1 Å². The first-order valence-corrected chi connectivity index (χ1v) is 7.89. The van der Waals surface area contributed by atoms with Crippen LogP contribution in [0.1, 0.15) is 36.2 Å². The molecule has 3 aromatic rings. The van der Waals surface area contributed by atoms with Crippen molar-refractivity contribution in [1.82, 2.24) is 20.2 Å². The maximum atomic E-state index is 11.3. The molecule has 0 aliphatic carbocycles. The number of aryl methyl sites for hydroxylation is 1. The summed E-state index contributed by atoms with van der Waals surface area (Å²) in [4.78, 5) is 16.8. The Balaban J connectivity index is 1.87. The van der Waals surface area contributed by atoms with E-state index in [1.165, 1.54) is 0 Å². The molecule has 2 aromatic heterocycles. The SMILES string of the molecule is CCc1nnc(NCc2ccc3[nH]c(=O)[nH]c3c2)c(C#N)c1CC. The van der Waals surface area contributed by atoms with Gasteiger partial charge in [-0.1, -0.05) is 19.9 Å². The molecule has 0 saturated carbocycles. The van der Waals surface area contributed by atoms with Gasteiger partial charge in [0, 0.05) is 6.54 Å². The maximum absolute atomic E-state index is 11.3. The van der Waals surface area contributed by atoms with Crippen LogP contribution in [-0.4, -0.2) is 20.2 Å². The second-order valence-electron chi connectivity index (χ2n) is 5.48. The molecule has 122 valence electrons. The van der Waals surface area contributed by atoms with E-state index >= 15 is 0 Å². The van der Waals surface area contributed by atoms with Gasteiger partial charge in [0.1, 0.15) is 11.6 Å². The van der Waals surface area contributed by atoms with E-state index in [0.717, 1.165) is 40.7 Å². The molecule has 24 heavy (non-hydrogen) atoms. The molecule has 0 bridgehead atoms. The number of fused-ring (bicyclic) bond motifs is 1. The van der Waals surface area contributed by atoms with E-state index in [2.05, 4.69) is 31.6 Å². The molecule has 0 fully saturated rings. The van der Waals surface area contributed by atoms with Crippen LogP contribution in [0.4, 0.5) is 5.82 Å². The molecule has 3 rings (SSSR count). The van der Waals surface area contributed by atoms with Crippen molar-refractivity contribution in [2.45, 2.75) is 33.2 Å². The zero-order chi connectivity index (χ0) is 17.1. The Hall–Kier alpha value is -3.14. The van der Waals surface area contributed by atoms with Gasteiger partial charge in [0.05, 0.1) is 16.7 Å². The van der Waals surface area contributed by atoms with Crippen molar-refractivity contribution >= 4 is 16.9 Å². The number of hydrogen-bond donors (Lipinski definition) is 3. The van der Waals surface area contributed by atoms with Crippen LogP contribution in [-0.2, 0) is 19.4 Å². The summed E-state index contributed by atoms with van der Waals surface area (Å²) < 4.78 is 0. The van der Waals surface area contributed by atoms with Gasteiger partial charge < -0.3 is 15.3 Å². The molecular weight excluding hydrogens is 304 g/mol. The number of aromatic amines is 2. The molecule has 7 nitrogen and oxygen atoms in total. The van der Waals surface area contributed by atoms with E-state index in [1.54, 1.807) is 0 Å².